The summed E-state index contributed by atoms with van der Waals surface area (Å²) < 4.78 is 21.5. The van der Waals surface area contributed by atoms with E-state index in [0.29, 0.717) is 37.5 Å². The Morgan fingerprint density at radius 1 is 1.25 bits per heavy atom. The summed E-state index contributed by atoms with van der Waals surface area (Å²) in [5.74, 6) is -0.369. The summed E-state index contributed by atoms with van der Waals surface area (Å²) in [5, 5.41) is 6.87. The molecule has 0 bridgehead atoms. The zero-order chi connectivity index (χ0) is 22.5. The van der Waals surface area contributed by atoms with Gasteiger partial charge in [0, 0.05) is 56.1 Å². The number of methoxy groups -OCH3 is 1. The van der Waals surface area contributed by atoms with E-state index < -0.39 is 11.9 Å². The lowest BCUT2D eigenvalue weighted by Gasteiger charge is -2.34. The predicted octanol–water partition coefficient (Wildman–Crippen LogP) is 2.30. The van der Waals surface area contributed by atoms with Crippen LogP contribution in [-0.4, -0.2) is 54.1 Å². The third-order valence-electron chi connectivity index (χ3n) is 5.81. The molecule has 3 aromatic rings. The minimum Gasteiger partial charge on any atom is -0.497 e. The Bertz CT molecular complexity index is 1110. The van der Waals surface area contributed by atoms with Gasteiger partial charge in [0.05, 0.1) is 19.6 Å². The minimum atomic E-state index is -0.641. The summed E-state index contributed by atoms with van der Waals surface area (Å²) in [5.41, 5.74) is 1.58. The van der Waals surface area contributed by atoms with Gasteiger partial charge in [-0.05, 0) is 23.6 Å². The first-order chi connectivity index (χ1) is 15.5. The van der Waals surface area contributed by atoms with E-state index in [-0.39, 0.29) is 24.8 Å². The Labute approximate surface area is 186 Å². The van der Waals surface area contributed by atoms with Crippen LogP contribution in [-0.2, 0) is 22.7 Å². The normalized spacial score (nSPS) is 16.7. The van der Waals surface area contributed by atoms with Crippen molar-refractivity contribution in [2.24, 2.45) is 0 Å². The Morgan fingerprint density at radius 2 is 2.09 bits per heavy atom. The molecule has 0 aliphatic carbocycles. The van der Waals surface area contributed by atoms with Crippen LogP contribution in [0.3, 0.4) is 0 Å². The Hall–Kier alpha value is -3.39. The molecule has 0 spiro atoms. The third kappa shape index (κ3) is 4.91. The van der Waals surface area contributed by atoms with Crippen molar-refractivity contribution in [1.29, 1.82) is 0 Å². The van der Waals surface area contributed by atoms with Gasteiger partial charge in [0.1, 0.15) is 11.6 Å². The number of nitrogens with one attached hydrogen (secondary N) is 2. The van der Waals surface area contributed by atoms with Crippen molar-refractivity contribution >= 4 is 22.7 Å². The quantitative estimate of drug-likeness (QED) is 0.566. The van der Waals surface area contributed by atoms with Crippen LogP contribution in [0.1, 0.15) is 12.0 Å². The number of piperazine rings is 1. The number of amides is 2. The number of carbonyl (C=O) groups is 2. The molecule has 4 rings (SSSR count). The van der Waals surface area contributed by atoms with E-state index in [0.717, 1.165) is 10.9 Å². The molecule has 7 nitrogen and oxygen atoms in total. The average molecular weight is 439 g/mol. The number of rotatable bonds is 8. The predicted molar refractivity (Wildman–Crippen MR) is 120 cm³/mol. The number of aromatic nitrogens is 1. The van der Waals surface area contributed by atoms with Crippen LogP contribution in [0.25, 0.3) is 10.9 Å². The minimum absolute atomic E-state index is 0.0238. The van der Waals surface area contributed by atoms with Crippen LogP contribution in [0.15, 0.2) is 54.7 Å². The fraction of sp³-hybridized carbons (Fsp3) is 0.333. The molecule has 168 valence electrons. The van der Waals surface area contributed by atoms with Gasteiger partial charge in [0.25, 0.3) is 0 Å². The molecule has 2 aromatic carbocycles. The molecule has 1 saturated heterocycles. The Morgan fingerprint density at radius 3 is 2.91 bits per heavy atom. The summed E-state index contributed by atoms with van der Waals surface area (Å²) >= 11 is 0. The van der Waals surface area contributed by atoms with Crippen molar-refractivity contribution in [2.75, 3.05) is 26.7 Å². The largest absolute Gasteiger partial charge is 0.497 e. The van der Waals surface area contributed by atoms with Gasteiger partial charge in [-0.1, -0.05) is 24.3 Å². The number of para-hydroxylation sites is 1. The van der Waals surface area contributed by atoms with Crippen molar-refractivity contribution in [1.82, 2.24) is 20.1 Å². The highest BCUT2D eigenvalue weighted by atomic mass is 19.1. The van der Waals surface area contributed by atoms with Gasteiger partial charge in [-0.2, -0.15) is 0 Å². The molecule has 2 amide bonds. The van der Waals surface area contributed by atoms with Crippen LogP contribution < -0.4 is 15.4 Å². The summed E-state index contributed by atoms with van der Waals surface area (Å²) in [6, 6.07) is 14.1. The highest BCUT2D eigenvalue weighted by molar-refractivity contribution is 5.88. The fourth-order valence-corrected chi connectivity index (χ4v) is 4.07. The smallest absolute Gasteiger partial charge is 0.237 e. The molecule has 2 N–H and O–H groups in total. The lowest BCUT2D eigenvalue weighted by Crippen LogP contribution is -2.56. The molecule has 1 fully saturated rings. The fourth-order valence-electron chi connectivity index (χ4n) is 4.07. The number of ether oxygens (including phenoxy) is 1. The van der Waals surface area contributed by atoms with E-state index in [1.165, 1.54) is 13.2 Å². The molecule has 1 atom stereocenters. The summed E-state index contributed by atoms with van der Waals surface area (Å²) in [6.07, 6.45) is 2.02. The second-order valence-corrected chi connectivity index (χ2v) is 7.86. The number of hydrogen-bond donors (Lipinski definition) is 2. The Kier molecular flexibility index (Phi) is 6.70. The maximum atomic E-state index is 14.4. The van der Waals surface area contributed by atoms with Gasteiger partial charge in [0.2, 0.25) is 11.8 Å². The first-order valence-corrected chi connectivity index (χ1v) is 10.7. The monoisotopic (exact) mass is 438 g/mol. The standard InChI is InChI=1S/C24H27FN4O3/c1-32-19-7-6-18(20(25)14-19)16-29-13-10-27-24(31)22(29)15-23(30)26-9-12-28-11-8-17-4-2-3-5-21(17)28/h2-8,11,14,22H,9-10,12-13,15-16H2,1H3,(H,26,30)(H,27,31)/t22-/m0/s1. The molecular formula is C24H27FN4O3. The van der Waals surface area contributed by atoms with Crippen molar-refractivity contribution in [3.8, 4) is 5.75 Å². The first kappa shape index (κ1) is 21.8. The van der Waals surface area contributed by atoms with E-state index >= 15 is 0 Å². The van der Waals surface area contributed by atoms with Crippen LogP contribution in [0.5, 0.6) is 5.75 Å². The third-order valence-corrected chi connectivity index (χ3v) is 5.81. The summed E-state index contributed by atoms with van der Waals surface area (Å²) in [4.78, 5) is 26.9. The SMILES string of the molecule is COc1ccc(CN2CCNC(=O)[C@@H]2CC(=O)NCCn2ccc3ccccc32)c(F)c1. The van der Waals surface area contributed by atoms with Crippen molar-refractivity contribution in [3.63, 3.8) is 0 Å². The number of nitrogens with zero attached hydrogens (tertiary/aromatic N) is 2. The van der Waals surface area contributed by atoms with E-state index in [1.54, 1.807) is 12.1 Å². The number of hydrogen-bond acceptors (Lipinski definition) is 4. The lowest BCUT2D eigenvalue weighted by molar-refractivity contribution is -0.134. The lowest BCUT2D eigenvalue weighted by atomic mass is 10.1. The van der Waals surface area contributed by atoms with Crippen LogP contribution in [0.4, 0.5) is 4.39 Å². The molecule has 0 saturated carbocycles. The van der Waals surface area contributed by atoms with Crippen LogP contribution >= 0.6 is 0 Å². The zero-order valence-electron chi connectivity index (χ0n) is 18.0. The van der Waals surface area contributed by atoms with Gasteiger partial charge in [-0.15, -0.1) is 0 Å². The van der Waals surface area contributed by atoms with Crippen molar-refractivity contribution in [2.45, 2.75) is 25.6 Å². The molecule has 0 unspecified atom stereocenters. The number of carbonyl (C=O) groups excluding carboxylic acids is 2. The highest BCUT2D eigenvalue weighted by Gasteiger charge is 2.32. The maximum absolute atomic E-state index is 14.4. The molecule has 1 aliphatic heterocycles. The summed E-state index contributed by atoms with van der Waals surface area (Å²) in [7, 11) is 1.48. The topological polar surface area (TPSA) is 75.6 Å². The van der Waals surface area contributed by atoms with Gasteiger partial charge in [-0.3, -0.25) is 14.5 Å². The Balaban J connectivity index is 1.35. The second-order valence-electron chi connectivity index (χ2n) is 7.86. The van der Waals surface area contributed by atoms with E-state index in [1.807, 2.05) is 41.4 Å². The average Bonchev–Trinajstić information content (AvgIpc) is 3.20. The molecule has 32 heavy (non-hydrogen) atoms. The first-order valence-electron chi connectivity index (χ1n) is 10.7. The van der Waals surface area contributed by atoms with Gasteiger partial charge >= 0.3 is 0 Å². The van der Waals surface area contributed by atoms with E-state index in [9.17, 15) is 14.0 Å². The maximum Gasteiger partial charge on any atom is 0.237 e. The molecular weight excluding hydrogens is 411 g/mol. The van der Waals surface area contributed by atoms with Crippen LogP contribution in [0.2, 0.25) is 0 Å². The van der Waals surface area contributed by atoms with Crippen molar-refractivity contribution < 1.29 is 18.7 Å². The molecule has 1 aromatic heterocycles. The summed E-state index contributed by atoms with van der Waals surface area (Å²) in [6.45, 7) is 2.35. The number of fused-ring (bicyclic) bond motifs is 1. The van der Waals surface area contributed by atoms with Crippen LogP contribution in [0, 0.1) is 5.82 Å². The van der Waals surface area contributed by atoms with Gasteiger partial charge < -0.3 is 19.9 Å². The highest BCUT2D eigenvalue weighted by Crippen LogP contribution is 2.20. The molecule has 1 aliphatic rings. The van der Waals surface area contributed by atoms with E-state index in [4.69, 9.17) is 4.74 Å². The van der Waals surface area contributed by atoms with E-state index in [2.05, 4.69) is 15.2 Å². The molecule has 8 heteroatoms. The number of halogens is 1. The van der Waals surface area contributed by atoms with Gasteiger partial charge in [-0.25, -0.2) is 4.39 Å². The number of benzene rings is 2. The molecule has 2 heterocycles. The molecule has 0 radical (unpaired) electrons. The zero-order valence-corrected chi connectivity index (χ0v) is 18.0. The van der Waals surface area contributed by atoms with Gasteiger partial charge in [0.15, 0.2) is 0 Å². The second kappa shape index (κ2) is 9.82. The van der Waals surface area contributed by atoms with Crippen molar-refractivity contribution in [3.05, 3.63) is 66.1 Å².